The largest absolute Gasteiger partial charge is 0.497 e. The fourth-order valence-electron chi connectivity index (χ4n) is 3.64. The average Bonchev–Trinajstić information content (AvgIpc) is 3.22. The summed E-state index contributed by atoms with van der Waals surface area (Å²) in [5.74, 6) is 2.55. The predicted octanol–water partition coefficient (Wildman–Crippen LogP) is 2.98. The highest BCUT2D eigenvalue weighted by Crippen LogP contribution is 2.27. The van der Waals surface area contributed by atoms with E-state index < -0.39 is 0 Å². The van der Waals surface area contributed by atoms with Gasteiger partial charge in [-0.1, -0.05) is 19.1 Å². The molecule has 0 radical (unpaired) electrons. The van der Waals surface area contributed by atoms with E-state index >= 15 is 0 Å². The van der Waals surface area contributed by atoms with E-state index in [0.29, 0.717) is 12.0 Å². The van der Waals surface area contributed by atoms with Gasteiger partial charge in [-0.25, -0.2) is 4.98 Å². The second-order valence-corrected chi connectivity index (χ2v) is 7.13. The summed E-state index contributed by atoms with van der Waals surface area (Å²) in [6.45, 7) is 8.09. The van der Waals surface area contributed by atoms with Gasteiger partial charge in [0, 0.05) is 38.6 Å². The van der Waals surface area contributed by atoms with Crippen LogP contribution in [0.15, 0.2) is 48.0 Å². The quantitative estimate of drug-likeness (QED) is 0.628. The predicted molar refractivity (Wildman–Crippen MR) is 109 cm³/mol. The Bertz CT molecular complexity index is 728. The molecule has 1 fully saturated rings. The summed E-state index contributed by atoms with van der Waals surface area (Å²) < 4.78 is 7.54. The smallest absolute Gasteiger partial charge is 0.193 e. The molecule has 6 heteroatoms. The number of aliphatic imine (C=N–C) groups is 1. The standard InChI is InChI=1S/C21H31N5O/c1-4-23-21(24-10-8-18-6-5-7-19(14-18)27-3)25-12-9-17(2)20(15-25)26-13-11-22-16-26/h5-7,11,13-14,16-17,20H,4,8-10,12,15H2,1-3H3,(H,23,24). The number of likely N-dealkylation sites (tertiary alicyclic amines) is 1. The lowest BCUT2D eigenvalue weighted by atomic mass is 9.93. The van der Waals surface area contributed by atoms with Crippen LogP contribution in [-0.2, 0) is 6.42 Å². The van der Waals surface area contributed by atoms with Crippen molar-refractivity contribution in [1.82, 2.24) is 19.8 Å². The summed E-state index contributed by atoms with van der Waals surface area (Å²) >= 11 is 0. The molecule has 0 aliphatic carbocycles. The van der Waals surface area contributed by atoms with Gasteiger partial charge >= 0.3 is 0 Å². The number of imidazole rings is 1. The molecule has 1 saturated heterocycles. The van der Waals surface area contributed by atoms with Crippen molar-refractivity contribution in [3.05, 3.63) is 48.5 Å². The molecule has 3 rings (SSSR count). The fraction of sp³-hybridized carbons (Fsp3) is 0.524. The van der Waals surface area contributed by atoms with Gasteiger partial charge < -0.3 is 19.5 Å². The third-order valence-electron chi connectivity index (χ3n) is 5.26. The van der Waals surface area contributed by atoms with E-state index in [4.69, 9.17) is 9.73 Å². The van der Waals surface area contributed by atoms with Crippen LogP contribution in [-0.4, -0.2) is 53.7 Å². The van der Waals surface area contributed by atoms with E-state index in [9.17, 15) is 0 Å². The summed E-state index contributed by atoms with van der Waals surface area (Å²) in [7, 11) is 1.70. The maximum atomic E-state index is 5.31. The lowest BCUT2D eigenvalue weighted by Crippen LogP contribution is -2.49. The van der Waals surface area contributed by atoms with Crippen molar-refractivity contribution in [3.8, 4) is 5.75 Å². The average molecular weight is 370 g/mol. The van der Waals surface area contributed by atoms with Gasteiger partial charge in [0.15, 0.2) is 5.96 Å². The third-order valence-corrected chi connectivity index (χ3v) is 5.26. The number of methoxy groups -OCH3 is 1. The number of nitrogens with one attached hydrogen (secondary N) is 1. The van der Waals surface area contributed by atoms with Gasteiger partial charge in [0.2, 0.25) is 0 Å². The zero-order valence-corrected chi connectivity index (χ0v) is 16.6. The molecule has 0 amide bonds. The summed E-state index contributed by atoms with van der Waals surface area (Å²) in [5.41, 5.74) is 1.25. The molecule has 2 heterocycles. The van der Waals surface area contributed by atoms with Gasteiger partial charge in [-0.15, -0.1) is 0 Å². The van der Waals surface area contributed by atoms with Crippen molar-refractivity contribution in [1.29, 1.82) is 0 Å². The minimum absolute atomic E-state index is 0.434. The molecule has 1 aromatic carbocycles. The maximum Gasteiger partial charge on any atom is 0.193 e. The molecule has 2 unspecified atom stereocenters. The summed E-state index contributed by atoms with van der Waals surface area (Å²) in [6.07, 6.45) is 7.92. The van der Waals surface area contributed by atoms with E-state index in [0.717, 1.165) is 50.7 Å². The van der Waals surface area contributed by atoms with Crippen LogP contribution < -0.4 is 10.1 Å². The Kier molecular flexibility index (Phi) is 6.74. The monoisotopic (exact) mass is 369 g/mol. The van der Waals surface area contributed by atoms with Crippen LogP contribution in [0.1, 0.15) is 31.9 Å². The van der Waals surface area contributed by atoms with Gasteiger partial charge in [-0.3, -0.25) is 4.99 Å². The van der Waals surface area contributed by atoms with Crippen molar-refractivity contribution >= 4 is 5.96 Å². The van der Waals surface area contributed by atoms with Crippen molar-refractivity contribution in [2.24, 2.45) is 10.9 Å². The van der Waals surface area contributed by atoms with E-state index in [1.165, 1.54) is 5.56 Å². The van der Waals surface area contributed by atoms with Crippen LogP contribution >= 0.6 is 0 Å². The molecule has 0 bridgehead atoms. The number of nitrogens with zero attached hydrogens (tertiary/aromatic N) is 4. The number of benzene rings is 1. The van der Waals surface area contributed by atoms with Gasteiger partial charge in [0.05, 0.1) is 19.5 Å². The Morgan fingerprint density at radius 2 is 2.30 bits per heavy atom. The number of hydrogen-bond donors (Lipinski definition) is 1. The highest BCUT2D eigenvalue weighted by molar-refractivity contribution is 5.80. The van der Waals surface area contributed by atoms with Crippen molar-refractivity contribution in [2.75, 3.05) is 33.3 Å². The molecule has 2 aromatic rings. The fourth-order valence-corrected chi connectivity index (χ4v) is 3.64. The number of rotatable bonds is 6. The first kappa shape index (κ1) is 19.3. The van der Waals surface area contributed by atoms with Gasteiger partial charge in [0.25, 0.3) is 0 Å². The highest BCUT2D eigenvalue weighted by atomic mass is 16.5. The van der Waals surface area contributed by atoms with Crippen LogP contribution in [0.2, 0.25) is 0 Å². The molecule has 2 atom stereocenters. The van der Waals surface area contributed by atoms with Crippen LogP contribution in [0.25, 0.3) is 0 Å². The van der Waals surface area contributed by atoms with Crippen LogP contribution in [0, 0.1) is 5.92 Å². The van der Waals surface area contributed by atoms with Gasteiger partial charge in [-0.2, -0.15) is 0 Å². The molecule has 1 N–H and O–H groups in total. The van der Waals surface area contributed by atoms with Crippen LogP contribution in [0.5, 0.6) is 5.75 Å². The van der Waals surface area contributed by atoms with E-state index in [-0.39, 0.29) is 0 Å². The Balaban J connectivity index is 1.65. The second-order valence-electron chi connectivity index (χ2n) is 7.13. The van der Waals surface area contributed by atoms with Crippen LogP contribution in [0.4, 0.5) is 0 Å². The van der Waals surface area contributed by atoms with Crippen molar-refractivity contribution < 1.29 is 4.74 Å². The van der Waals surface area contributed by atoms with Crippen molar-refractivity contribution in [3.63, 3.8) is 0 Å². The SMILES string of the molecule is CCNC(=NCCc1cccc(OC)c1)N1CCC(C)C(n2ccnc2)C1. The Morgan fingerprint density at radius 1 is 1.41 bits per heavy atom. The molecule has 6 nitrogen and oxygen atoms in total. The number of ether oxygens (including phenoxy) is 1. The minimum Gasteiger partial charge on any atom is -0.497 e. The molecule has 0 spiro atoms. The zero-order chi connectivity index (χ0) is 19.1. The number of hydrogen-bond acceptors (Lipinski definition) is 3. The number of piperidine rings is 1. The van der Waals surface area contributed by atoms with Crippen molar-refractivity contribution in [2.45, 2.75) is 32.7 Å². The lowest BCUT2D eigenvalue weighted by molar-refractivity contribution is 0.189. The highest BCUT2D eigenvalue weighted by Gasteiger charge is 2.28. The Hall–Kier alpha value is -2.50. The van der Waals surface area contributed by atoms with E-state index in [2.05, 4.69) is 51.9 Å². The van der Waals surface area contributed by atoms with E-state index in [1.54, 1.807) is 7.11 Å². The Morgan fingerprint density at radius 3 is 3.04 bits per heavy atom. The first-order chi connectivity index (χ1) is 13.2. The molecule has 1 aliphatic heterocycles. The third kappa shape index (κ3) is 5.02. The van der Waals surface area contributed by atoms with Gasteiger partial charge in [0.1, 0.15) is 5.75 Å². The Labute approximate surface area is 162 Å². The number of guanidine groups is 1. The molecule has 146 valence electrons. The topological polar surface area (TPSA) is 54.7 Å². The maximum absolute atomic E-state index is 5.31. The zero-order valence-electron chi connectivity index (χ0n) is 16.6. The number of aromatic nitrogens is 2. The molecule has 1 aliphatic rings. The van der Waals surface area contributed by atoms with E-state index in [1.807, 2.05) is 24.7 Å². The van der Waals surface area contributed by atoms with Gasteiger partial charge in [-0.05, 0) is 43.4 Å². The molecular weight excluding hydrogens is 338 g/mol. The summed E-state index contributed by atoms with van der Waals surface area (Å²) in [6, 6.07) is 8.65. The summed E-state index contributed by atoms with van der Waals surface area (Å²) in [5, 5.41) is 3.47. The second kappa shape index (κ2) is 9.44. The lowest BCUT2D eigenvalue weighted by Gasteiger charge is -2.39. The molecular formula is C21H31N5O. The molecule has 27 heavy (non-hydrogen) atoms. The van der Waals surface area contributed by atoms with Crippen LogP contribution in [0.3, 0.4) is 0 Å². The molecule has 0 saturated carbocycles. The normalized spacial score (nSPS) is 20.6. The first-order valence-electron chi connectivity index (χ1n) is 9.85. The minimum atomic E-state index is 0.434. The molecule has 1 aromatic heterocycles. The first-order valence-corrected chi connectivity index (χ1v) is 9.85. The summed E-state index contributed by atoms with van der Waals surface area (Å²) in [4.78, 5) is 11.5.